The maximum atomic E-state index is 12.9. The first-order valence-electron chi connectivity index (χ1n) is 7.78. The van der Waals surface area contributed by atoms with Crippen LogP contribution in [0.15, 0.2) is 22.8 Å². The van der Waals surface area contributed by atoms with E-state index >= 15 is 0 Å². The molecule has 22 heavy (non-hydrogen) atoms. The van der Waals surface area contributed by atoms with Crippen molar-refractivity contribution in [3.05, 3.63) is 22.8 Å². The molecule has 2 rings (SSSR count). The first-order chi connectivity index (χ1) is 9.43. The Morgan fingerprint density at radius 1 is 1.32 bits per heavy atom. The van der Waals surface area contributed by atoms with E-state index < -0.39 is 8.80 Å². The first-order valence-corrected chi connectivity index (χ1v) is 11.5. The number of allylic oxidation sites excluding steroid dienone is 3. The molecule has 1 amide bonds. The molecule has 2 nitrogen and oxygen atoms in total. The molecule has 0 aliphatic heterocycles. The smallest absolute Gasteiger partial charge is 1.00 e. The number of hydrogen-bond donors (Lipinski definition) is 1. The van der Waals surface area contributed by atoms with E-state index in [-0.39, 0.29) is 36.1 Å². The molecule has 1 N–H and O–H groups in total. The largest absolute Gasteiger partial charge is 1.00 e. The number of hydrogen-bond acceptors (Lipinski definition) is 1. The SMILES string of the molecule is CC1=C(C)CC(C2(C(=O)[NH][Ti+2])CCCCC2[SiH](C)C)=C1.[Cl-].[Cl-]. The van der Waals surface area contributed by atoms with Crippen LogP contribution < -0.4 is 28.6 Å². The summed E-state index contributed by atoms with van der Waals surface area (Å²) in [4.78, 5) is 12.9. The second kappa shape index (κ2) is 9.08. The fourth-order valence-electron chi connectivity index (χ4n) is 4.19. The van der Waals surface area contributed by atoms with Crippen LogP contribution in [-0.2, 0) is 25.5 Å². The molecule has 2 unspecified atom stereocenters. The molecule has 0 radical (unpaired) electrons. The van der Waals surface area contributed by atoms with Crippen molar-refractivity contribution in [1.82, 2.24) is 3.80 Å². The van der Waals surface area contributed by atoms with Crippen molar-refractivity contribution < 1.29 is 50.3 Å². The first kappa shape index (κ1) is 22.5. The average molecular weight is 395 g/mol. The van der Waals surface area contributed by atoms with Gasteiger partial charge in [-0.25, -0.2) is 0 Å². The Labute approximate surface area is 161 Å². The number of rotatable bonds is 3. The van der Waals surface area contributed by atoms with Crippen molar-refractivity contribution in [3.8, 4) is 0 Å². The van der Waals surface area contributed by atoms with Crippen LogP contribution in [0.1, 0.15) is 46.0 Å². The quantitative estimate of drug-likeness (QED) is 0.534. The predicted molar refractivity (Wildman–Crippen MR) is 82.7 cm³/mol. The maximum absolute atomic E-state index is 12.9. The van der Waals surface area contributed by atoms with Crippen molar-refractivity contribution in [2.45, 2.75) is 64.6 Å². The third-order valence-corrected chi connectivity index (χ3v) is 8.25. The average Bonchev–Trinajstić information content (AvgIpc) is 2.77. The molecule has 2 aliphatic carbocycles. The van der Waals surface area contributed by atoms with Gasteiger partial charge in [-0.3, -0.25) is 0 Å². The minimum atomic E-state index is -0.864. The van der Waals surface area contributed by atoms with E-state index in [1.54, 1.807) is 20.7 Å². The van der Waals surface area contributed by atoms with Gasteiger partial charge in [0.15, 0.2) is 0 Å². The standard InChI is InChI=1S/C16H27NOSi.2ClH.Ti/c1-11-9-13(10-12(11)2)16(15(17)18)8-6-5-7-14(16)19(3)4;;;/h9,14,19H,5-8,10H2,1-4H3,(H2,17,18);2*1H;/q;;;+3/p-3. The Hall–Kier alpha value is 0.461. The summed E-state index contributed by atoms with van der Waals surface area (Å²) in [6.45, 7) is 9.22. The van der Waals surface area contributed by atoms with E-state index in [9.17, 15) is 4.79 Å². The number of nitrogens with one attached hydrogen (secondary N) is 1. The van der Waals surface area contributed by atoms with E-state index in [1.165, 1.54) is 36.0 Å². The Kier molecular flexibility index (Phi) is 9.27. The molecule has 6 heteroatoms. The number of amides is 1. The number of carbonyl (C=O) groups excluding carboxylic acids is 1. The second-order valence-corrected chi connectivity index (χ2v) is 10.5. The molecule has 1 saturated carbocycles. The summed E-state index contributed by atoms with van der Waals surface area (Å²) in [6.07, 6.45) is 8.12. The molecule has 0 saturated heterocycles. The molecule has 123 valence electrons. The van der Waals surface area contributed by atoms with Crippen LogP contribution in [0.5, 0.6) is 0 Å². The Balaban J connectivity index is 0.00000220. The van der Waals surface area contributed by atoms with Crippen LogP contribution in [0.4, 0.5) is 0 Å². The van der Waals surface area contributed by atoms with Gasteiger partial charge in [0, 0.05) is 0 Å². The Bertz CT molecular complexity index is 479. The van der Waals surface area contributed by atoms with Gasteiger partial charge in [-0.15, -0.1) is 0 Å². The Morgan fingerprint density at radius 3 is 2.41 bits per heavy atom. The predicted octanol–water partition coefficient (Wildman–Crippen LogP) is -2.34. The molecule has 0 aromatic rings. The van der Waals surface area contributed by atoms with E-state index in [0.29, 0.717) is 5.54 Å². The molecule has 2 atom stereocenters. The summed E-state index contributed by atoms with van der Waals surface area (Å²) in [5, 5.41) is 0. The van der Waals surface area contributed by atoms with Crippen molar-refractivity contribution in [3.63, 3.8) is 0 Å². The summed E-state index contributed by atoms with van der Waals surface area (Å²) in [5.41, 5.74) is 4.63. The Morgan fingerprint density at radius 2 is 1.95 bits per heavy atom. The monoisotopic (exact) mass is 394 g/mol. The zero-order chi connectivity index (χ0) is 14.9. The van der Waals surface area contributed by atoms with Gasteiger partial charge in [-0.2, -0.15) is 0 Å². The van der Waals surface area contributed by atoms with Gasteiger partial charge in [0.05, 0.1) is 0 Å². The van der Waals surface area contributed by atoms with Gasteiger partial charge in [-0.1, -0.05) is 0 Å². The minimum Gasteiger partial charge on any atom is -1.00 e. The molecular formula is C16H26Cl2NOSiTi. The normalized spacial score (nSPS) is 28.0. The van der Waals surface area contributed by atoms with Crippen LogP contribution in [0.25, 0.3) is 0 Å². The van der Waals surface area contributed by atoms with E-state index in [1.807, 2.05) is 0 Å². The van der Waals surface area contributed by atoms with Crippen LogP contribution >= 0.6 is 0 Å². The van der Waals surface area contributed by atoms with Crippen LogP contribution in [0.2, 0.25) is 18.6 Å². The molecule has 1 fully saturated rings. The van der Waals surface area contributed by atoms with E-state index in [4.69, 9.17) is 0 Å². The molecular weight excluding hydrogens is 369 g/mol. The van der Waals surface area contributed by atoms with Gasteiger partial charge in [-0.05, 0) is 0 Å². The minimum absolute atomic E-state index is 0. The van der Waals surface area contributed by atoms with Crippen LogP contribution in [0.3, 0.4) is 0 Å². The zero-order valence-electron chi connectivity index (χ0n) is 13.9. The maximum Gasteiger partial charge on any atom is -1.00 e. The summed E-state index contributed by atoms with van der Waals surface area (Å²) in [6, 6.07) is 0. The van der Waals surface area contributed by atoms with E-state index in [2.05, 4.69) is 36.8 Å². The molecule has 0 spiro atoms. The number of carbonyl (C=O) groups is 1. The van der Waals surface area contributed by atoms with Gasteiger partial charge < -0.3 is 24.8 Å². The van der Waals surface area contributed by atoms with Crippen LogP contribution in [0, 0.1) is 5.41 Å². The molecule has 0 bridgehead atoms. The molecule has 0 aromatic heterocycles. The summed E-state index contributed by atoms with van der Waals surface area (Å²) >= 11 is 1.81. The summed E-state index contributed by atoms with van der Waals surface area (Å²) in [7, 11) is -0.864. The van der Waals surface area contributed by atoms with Gasteiger partial charge in [0.25, 0.3) is 0 Å². The molecule has 0 aromatic carbocycles. The molecule has 2 aliphatic rings. The van der Waals surface area contributed by atoms with Crippen molar-refractivity contribution in [2.24, 2.45) is 5.41 Å². The second-order valence-electron chi connectivity index (χ2n) is 6.83. The van der Waals surface area contributed by atoms with Gasteiger partial charge in [0.2, 0.25) is 0 Å². The van der Waals surface area contributed by atoms with Crippen molar-refractivity contribution in [2.75, 3.05) is 0 Å². The fraction of sp³-hybridized carbons (Fsp3) is 0.688. The van der Waals surface area contributed by atoms with Gasteiger partial charge >= 0.3 is 137 Å². The van der Waals surface area contributed by atoms with E-state index in [0.717, 1.165) is 12.8 Å². The summed E-state index contributed by atoms with van der Waals surface area (Å²) in [5.74, 6) is 0.275. The zero-order valence-corrected chi connectivity index (χ0v) is 18.2. The van der Waals surface area contributed by atoms with Gasteiger partial charge in [0.1, 0.15) is 0 Å². The third-order valence-electron chi connectivity index (χ3n) is 5.39. The van der Waals surface area contributed by atoms with Crippen LogP contribution in [-0.4, -0.2) is 14.7 Å². The number of halogens is 2. The van der Waals surface area contributed by atoms with Crippen molar-refractivity contribution >= 4 is 14.7 Å². The topological polar surface area (TPSA) is 29.1 Å². The molecule has 0 heterocycles. The fourth-order valence-corrected chi connectivity index (χ4v) is 7.11. The summed E-state index contributed by atoms with van der Waals surface area (Å²) < 4.78 is 2.99. The third kappa shape index (κ3) is 3.92. The van der Waals surface area contributed by atoms with Crippen molar-refractivity contribution in [1.29, 1.82) is 0 Å².